The summed E-state index contributed by atoms with van der Waals surface area (Å²) in [6, 6.07) is 6.88. The van der Waals surface area contributed by atoms with Crippen LogP contribution in [0.4, 0.5) is 8.78 Å². The van der Waals surface area contributed by atoms with Crippen LogP contribution in [0.5, 0.6) is 5.75 Å². The maximum atomic E-state index is 12.4. The van der Waals surface area contributed by atoms with Gasteiger partial charge in [0.1, 0.15) is 5.75 Å². The number of ether oxygens (including phenoxy) is 1. The van der Waals surface area contributed by atoms with Crippen LogP contribution in [0.25, 0.3) is 0 Å². The third-order valence-electron chi connectivity index (χ3n) is 1.21. The van der Waals surface area contributed by atoms with Crippen LogP contribution in [0.1, 0.15) is 0 Å². The number of benzene rings is 1. The SMILES string of the molecule is FCC(F)Oc1ccccc1I. The zero-order valence-corrected chi connectivity index (χ0v) is 8.29. The number of halogens is 3. The van der Waals surface area contributed by atoms with Crippen molar-refractivity contribution in [3.05, 3.63) is 27.8 Å². The van der Waals surface area contributed by atoms with E-state index in [0.29, 0.717) is 5.75 Å². The summed E-state index contributed by atoms with van der Waals surface area (Å²) in [6.45, 7) is -1.12. The number of hydrogen-bond donors (Lipinski definition) is 0. The van der Waals surface area contributed by atoms with Gasteiger partial charge < -0.3 is 4.74 Å². The highest BCUT2D eigenvalue weighted by Gasteiger charge is 2.08. The average Bonchev–Trinajstić information content (AvgIpc) is 2.09. The highest BCUT2D eigenvalue weighted by atomic mass is 127. The first-order valence-corrected chi connectivity index (χ1v) is 4.43. The molecule has 1 aromatic carbocycles. The van der Waals surface area contributed by atoms with Crippen LogP contribution in [0.2, 0.25) is 0 Å². The Labute approximate surface area is 82.9 Å². The van der Waals surface area contributed by atoms with Crippen molar-refractivity contribution in [2.45, 2.75) is 6.36 Å². The second-order valence-electron chi connectivity index (χ2n) is 2.11. The summed E-state index contributed by atoms with van der Waals surface area (Å²) in [4.78, 5) is 0. The molecule has 0 aromatic heterocycles. The molecule has 1 atom stereocenters. The summed E-state index contributed by atoms with van der Waals surface area (Å²) in [5, 5.41) is 0. The fourth-order valence-corrected chi connectivity index (χ4v) is 1.22. The molecule has 0 fully saturated rings. The fraction of sp³-hybridized carbons (Fsp3) is 0.250. The normalized spacial score (nSPS) is 12.6. The summed E-state index contributed by atoms with van der Waals surface area (Å²) < 4.78 is 29.5. The van der Waals surface area contributed by atoms with Crippen LogP contribution >= 0.6 is 22.6 Å². The molecule has 0 saturated carbocycles. The minimum atomic E-state index is -1.86. The van der Waals surface area contributed by atoms with Gasteiger partial charge in [-0.3, -0.25) is 0 Å². The van der Waals surface area contributed by atoms with Crippen LogP contribution in [0.15, 0.2) is 24.3 Å². The van der Waals surface area contributed by atoms with E-state index in [1.54, 1.807) is 24.3 Å². The molecule has 0 heterocycles. The van der Waals surface area contributed by atoms with E-state index < -0.39 is 13.0 Å². The van der Waals surface area contributed by atoms with Crippen LogP contribution in [0.3, 0.4) is 0 Å². The zero-order chi connectivity index (χ0) is 8.97. The van der Waals surface area contributed by atoms with E-state index in [1.807, 2.05) is 22.6 Å². The lowest BCUT2D eigenvalue weighted by molar-refractivity contribution is 0.0427. The van der Waals surface area contributed by atoms with Gasteiger partial charge in [-0.2, -0.15) is 4.39 Å². The number of para-hydroxylation sites is 1. The van der Waals surface area contributed by atoms with Gasteiger partial charge in [-0.25, -0.2) is 4.39 Å². The molecule has 0 aliphatic heterocycles. The van der Waals surface area contributed by atoms with E-state index in [2.05, 4.69) is 4.74 Å². The molecule has 0 aliphatic carbocycles. The lowest BCUT2D eigenvalue weighted by atomic mass is 10.3. The highest BCUT2D eigenvalue weighted by Crippen LogP contribution is 2.21. The summed E-state index contributed by atoms with van der Waals surface area (Å²) in [6.07, 6.45) is -1.86. The molecular formula is C8H7F2IO. The Kier molecular flexibility index (Phi) is 3.71. The molecule has 1 aromatic rings. The van der Waals surface area contributed by atoms with Gasteiger partial charge >= 0.3 is 0 Å². The van der Waals surface area contributed by atoms with Crippen molar-refractivity contribution >= 4 is 22.6 Å². The van der Waals surface area contributed by atoms with E-state index in [9.17, 15) is 8.78 Å². The predicted octanol–water partition coefficient (Wildman–Crippen LogP) is 2.94. The van der Waals surface area contributed by atoms with Crippen LogP contribution in [0, 0.1) is 3.57 Å². The molecular weight excluding hydrogens is 277 g/mol. The molecule has 0 spiro atoms. The van der Waals surface area contributed by atoms with Crippen molar-refractivity contribution in [2.75, 3.05) is 6.67 Å². The average molecular weight is 284 g/mol. The first-order chi connectivity index (χ1) is 5.74. The second kappa shape index (κ2) is 4.59. The number of alkyl halides is 2. The van der Waals surface area contributed by atoms with Gasteiger partial charge in [0, 0.05) is 0 Å². The first-order valence-electron chi connectivity index (χ1n) is 3.35. The summed E-state index contributed by atoms with van der Waals surface area (Å²) in [5.74, 6) is 0.378. The molecule has 1 nitrogen and oxygen atoms in total. The van der Waals surface area contributed by atoms with Gasteiger partial charge in [-0.15, -0.1) is 0 Å². The predicted molar refractivity (Wildman–Crippen MR) is 50.7 cm³/mol. The maximum Gasteiger partial charge on any atom is 0.266 e. The highest BCUT2D eigenvalue weighted by molar-refractivity contribution is 14.1. The lowest BCUT2D eigenvalue weighted by Crippen LogP contribution is -2.12. The Morgan fingerprint density at radius 2 is 2.08 bits per heavy atom. The van der Waals surface area contributed by atoms with E-state index in [-0.39, 0.29) is 0 Å². The Hall–Kier alpha value is -0.390. The smallest absolute Gasteiger partial charge is 0.266 e. The maximum absolute atomic E-state index is 12.4. The van der Waals surface area contributed by atoms with Crippen LogP contribution < -0.4 is 4.74 Å². The second-order valence-corrected chi connectivity index (χ2v) is 3.27. The molecule has 0 N–H and O–H groups in total. The number of hydrogen-bond acceptors (Lipinski definition) is 1. The van der Waals surface area contributed by atoms with Crippen molar-refractivity contribution in [3.8, 4) is 5.75 Å². The third-order valence-corrected chi connectivity index (χ3v) is 2.10. The van der Waals surface area contributed by atoms with Gasteiger partial charge in [0.05, 0.1) is 3.57 Å². The molecule has 1 rings (SSSR count). The van der Waals surface area contributed by atoms with Crippen LogP contribution in [-0.4, -0.2) is 13.0 Å². The van der Waals surface area contributed by atoms with Gasteiger partial charge in [0.2, 0.25) is 0 Å². The fourth-order valence-electron chi connectivity index (χ4n) is 0.710. The molecule has 0 aliphatic rings. The van der Waals surface area contributed by atoms with Crippen molar-refractivity contribution < 1.29 is 13.5 Å². The topological polar surface area (TPSA) is 9.23 Å². The van der Waals surface area contributed by atoms with Crippen molar-refractivity contribution in [2.24, 2.45) is 0 Å². The largest absolute Gasteiger partial charge is 0.456 e. The van der Waals surface area contributed by atoms with E-state index in [1.165, 1.54) is 0 Å². The van der Waals surface area contributed by atoms with Crippen molar-refractivity contribution in [3.63, 3.8) is 0 Å². The molecule has 0 saturated heterocycles. The summed E-state index contributed by atoms with van der Waals surface area (Å²) >= 11 is 2.00. The van der Waals surface area contributed by atoms with Crippen molar-refractivity contribution in [1.29, 1.82) is 0 Å². The van der Waals surface area contributed by atoms with Gasteiger partial charge in [0.25, 0.3) is 6.36 Å². The molecule has 12 heavy (non-hydrogen) atoms. The zero-order valence-electron chi connectivity index (χ0n) is 6.14. The van der Waals surface area contributed by atoms with Crippen molar-refractivity contribution in [1.82, 2.24) is 0 Å². The standard InChI is InChI=1S/C8H7F2IO/c9-5-8(10)12-7-4-2-1-3-6(7)11/h1-4,8H,5H2. The van der Waals surface area contributed by atoms with E-state index in [0.717, 1.165) is 3.57 Å². The van der Waals surface area contributed by atoms with Gasteiger partial charge in [0.15, 0.2) is 6.67 Å². The minimum Gasteiger partial charge on any atom is -0.456 e. The van der Waals surface area contributed by atoms with Crippen LogP contribution in [-0.2, 0) is 0 Å². The molecule has 0 bridgehead atoms. The molecule has 4 heteroatoms. The Morgan fingerprint density at radius 3 is 2.67 bits per heavy atom. The molecule has 1 unspecified atom stereocenters. The molecule has 66 valence electrons. The monoisotopic (exact) mass is 284 g/mol. The minimum absolute atomic E-state index is 0.378. The van der Waals surface area contributed by atoms with Gasteiger partial charge in [-0.1, -0.05) is 12.1 Å². The first kappa shape index (κ1) is 9.70. The lowest BCUT2D eigenvalue weighted by Gasteiger charge is -2.08. The van der Waals surface area contributed by atoms with Gasteiger partial charge in [-0.05, 0) is 34.7 Å². The Bertz CT molecular complexity index is 255. The molecule has 0 radical (unpaired) electrons. The number of rotatable bonds is 3. The summed E-state index contributed by atoms with van der Waals surface area (Å²) in [5.41, 5.74) is 0. The van der Waals surface area contributed by atoms with E-state index in [4.69, 9.17) is 0 Å². The van der Waals surface area contributed by atoms with E-state index >= 15 is 0 Å². The molecule has 0 amide bonds. The summed E-state index contributed by atoms with van der Waals surface area (Å²) in [7, 11) is 0. The Morgan fingerprint density at radius 1 is 1.42 bits per heavy atom. The quantitative estimate of drug-likeness (QED) is 0.775. The Balaban J connectivity index is 2.69. The third kappa shape index (κ3) is 2.58.